The second kappa shape index (κ2) is 9.61. The van der Waals surface area contributed by atoms with E-state index in [0.29, 0.717) is 37.4 Å². The quantitative estimate of drug-likeness (QED) is 0.668. The molecule has 6 heteroatoms. The Hall–Kier alpha value is -2.08. The van der Waals surface area contributed by atoms with E-state index in [1.54, 1.807) is 20.1 Å². The van der Waals surface area contributed by atoms with Crippen LogP contribution >= 0.6 is 11.6 Å². The van der Waals surface area contributed by atoms with Crippen LogP contribution in [0.2, 0.25) is 0 Å². The summed E-state index contributed by atoms with van der Waals surface area (Å²) in [5.74, 6) is -0.0259. The number of piperidine rings is 1. The molecule has 5 nitrogen and oxygen atoms in total. The van der Waals surface area contributed by atoms with Crippen molar-refractivity contribution in [1.29, 1.82) is 0 Å². The van der Waals surface area contributed by atoms with Crippen molar-refractivity contribution in [3.63, 3.8) is 0 Å². The third-order valence-electron chi connectivity index (χ3n) is 5.84. The van der Waals surface area contributed by atoms with Crippen molar-refractivity contribution in [3.8, 4) is 5.75 Å². The molecule has 2 aromatic carbocycles. The van der Waals surface area contributed by atoms with Gasteiger partial charge in [0.05, 0.1) is 24.0 Å². The van der Waals surface area contributed by atoms with Crippen LogP contribution in [0.3, 0.4) is 0 Å². The first kappa shape index (κ1) is 21.6. The van der Waals surface area contributed by atoms with Crippen LogP contribution in [0.1, 0.15) is 30.7 Å². The second-order valence-corrected chi connectivity index (χ2v) is 8.25. The SMILES string of the molecule is COc1cccc(NC(=O)C(C)C2(O)CCN(CC(Cl)c3ccccc3)CC2)c1. The third-order valence-corrected chi connectivity index (χ3v) is 6.23. The highest BCUT2D eigenvalue weighted by Gasteiger charge is 2.41. The van der Waals surface area contributed by atoms with Gasteiger partial charge in [0.2, 0.25) is 5.91 Å². The molecule has 1 aliphatic heterocycles. The molecule has 3 rings (SSSR count). The number of benzene rings is 2. The summed E-state index contributed by atoms with van der Waals surface area (Å²) < 4.78 is 5.19. The van der Waals surface area contributed by atoms with Gasteiger partial charge in [-0.05, 0) is 30.5 Å². The predicted octanol–water partition coefficient (Wildman–Crippen LogP) is 4.08. The smallest absolute Gasteiger partial charge is 0.230 e. The highest BCUT2D eigenvalue weighted by Crippen LogP contribution is 2.32. The van der Waals surface area contributed by atoms with Gasteiger partial charge in [-0.15, -0.1) is 11.6 Å². The molecule has 1 aliphatic rings. The van der Waals surface area contributed by atoms with Gasteiger partial charge in [-0.1, -0.05) is 43.3 Å². The highest BCUT2D eigenvalue weighted by molar-refractivity contribution is 6.21. The number of nitrogens with zero attached hydrogens (tertiary/aromatic N) is 1. The minimum atomic E-state index is -1.02. The van der Waals surface area contributed by atoms with Crippen molar-refractivity contribution in [1.82, 2.24) is 4.90 Å². The number of methoxy groups -OCH3 is 1. The number of hydrogen-bond donors (Lipinski definition) is 2. The van der Waals surface area contributed by atoms with Crippen LogP contribution in [-0.4, -0.2) is 48.3 Å². The molecule has 0 radical (unpaired) electrons. The zero-order valence-electron chi connectivity index (χ0n) is 17.0. The zero-order chi connectivity index (χ0) is 20.9. The number of rotatable bonds is 7. The Balaban J connectivity index is 1.54. The maximum absolute atomic E-state index is 12.7. The molecule has 2 N–H and O–H groups in total. The third kappa shape index (κ3) is 5.50. The number of anilines is 1. The second-order valence-electron chi connectivity index (χ2n) is 7.73. The number of aliphatic hydroxyl groups is 1. The van der Waals surface area contributed by atoms with Gasteiger partial charge in [-0.2, -0.15) is 0 Å². The molecule has 2 unspecified atom stereocenters. The Bertz CT molecular complexity index is 807. The van der Waals surface area contributed by atoms with Gasteiger partial charge in [-0.25, -0.2) is 0 Å². The summed E-state index contributed by atoms with van der Waals surface area (Å²) in [4.78, 5) is 15.0. The summed E-state index contributed by atoms with van der Waals surface area (Å²) in [5, 5.41) is 13.9. The monoisotopic (exact) mass is 416 g/mol. The average molecular weight is 417 g/mol. The largest absolute Gasteiger partial charge is 0.497 e. The van der Waals surface area contributed by atoms with E-state index < -0.39 is 11.5 Å². The van der Waals surface area contributed by atoms with Crippen LogP contribution in [0, 0.1) is 5.92 Å². The molecule has 0 spiro atoms. The maximum atomic E-state index is 12.7. The van der Waals surface area contributed by atoms with E-state index >= 15 is 0 Å². The Kier molecular flexibility index (Phi) is 7.17. The van der Waals surface area contributed by atoms with Crippen molar-refractivity contribution in [3.05, 3.63) is 60.2 Å². The van der Waals surface area contributed by atoms with Gasteiger partial charge in [0.15, 0.2) is 0 Å². The molecule has 0 aliphatic carbocycles. The van der Waals surface area contributed by atoms with Crippen LogP contribution in [-0.2, 0) is 4.79 Å². The molecule has 1 heterocycles. The number of amides is 1. The topological polar surface area (TPSA) is 61.8 Å². The summed E-state index contributed by atoms with van der Waals surface area (Å²) in [7, 11) is 1.59. The van der Waals surface area contributed by atoms with Gasteiger partial charge in [0, 0.05) is 31.4 Å². The van der Waals surface area contributed by atoms with Crippen LogP contribution in [0.25, 0.3) is 0 Å². The minimum Gasteiger partial charge on any atom is -0.497 e. The van der Waals surface area contributed by atoms with E-state index in [1.165, 1.54) is 0 Å². The number of carbonyl (C=O) groups excluding carboxylic acids is 1. The average Bonchev–Trinajstić information content (AvgIpc) is 2.75. The lowest BCUT2D eigenvalue weighted by Gasteiger charge is -2.41. The molecular weight excluding hydrogens is 388 g/mol. The first-order valence-corrected chi connectivity index (χ1v) is 10.4. The standard InChI is InChI=1S/C23H29ClN2O3/c1-17(22(27)25-19-9-6-10-20(15-19)29-2)23(28)11-13-26(14-12-23)16-21(24)18-7-4-3-5-8-18/h3-10,15,17,21,28H,11-14,16H2,1-2H3,(H,25,27). The molecule has 29 heavy (non-hydrogen) atoms. The van der Waals surface area contributed by atoms with Gasteiger partial charge in [0.25, 0.3) is 0 Å². The molecule has 156 valence electrons. The minimum absolute atomic E-state index is 0.0869. The predicted molar refractivity (Wildman–Crippen MR) is 116 cm³/mol. The number of alkyl halides is 1. The van der Waals surface area contributed by atoms with Crippen molar-refractivity contribution in [2.24, 2.45) is 5.92 Å². The lowest BCUT2D eigenvalue weighted by Crippen LogP contribution is -2.51. The van der Waals surface area contributed by atoms with Crippen LogP contribution < -0.4 is 10.1 Å². The molecule has 0 aromatic heterocycles. The Morgan fingerprint density at radius 1 is 1.21 bits per heavy atom. The van der Waals surface area contributed by atoms with E-state index in [-0.39, 0.29) is 11.3 Å². The normalized spacial score (nSPS) is 18.6. The van der Waals surface area contributed by atoms with Crippen LogP contribution in [0.5, 0.6) is 5.75 Å². The number of carbonyl (C=O) groups is 1. The van der Waals surface area contributed by atoms with E-state index in [0.717, 1.165) is 12.1 Å². The first-order chi connectivity index (χ1) is 13.9. The maximum Gasteiger partial charge on any atom is 0.230 e. The summed E-state index contributed by atoms with van der Waals surface area (Å²) in [5.41, 5.74) is 0.740. The number of ether oxygens (including phenoxy) is 1. The summed E-state index contributed by atoms with van der Waals surface area (Å²) in [6.45, 7) is 3.94. The van der Waals surface area contributed by atoms with Crippen LogP contribution in [0.4, 0.5) is 5.69 Å². The van der Waals surface area contributed by atoms with Gasteiger partial charge in [0.1, 0.15) is 5.75 Å². The Labute approximate surface area is 177 Å². The van der Waals surface area contributed by atoms with Gasteiger partial charge in [-0.3, -0.25) is 4.79 Å². The molecule has 1 saturated heterocycles. The Morgan fingerprint density at radius 2 is 1.90 bits per heavy atom. The van der Waals surface area contributed by atoms with Gasteiger partial charge < -0.3 is 20.1 Å². The molecule has 1 fully saturated rings. The summed E-state index contributed by atoms with van der Waals surface area (Å²) >= 11 is 6.56. The van der Waals surface area contributed by atoms with E-state index in [1.807, 2.05) is 48.5 Å². The molecule has 2 aromatic rings. The zero-order valence-corrected chi connectivity index (χ0v) is 17.7. The van der Waals surface area contributed by atoms with Crippen molar-refractivity contribution < 1.29 is 14.6 Å². The van der Waals surface area contributed by atoms with Crippen LogP contribution in [0.15, 0.2) is 54.6 Å². The van der Waals surface area contributed by atoms with Crippen molar-refractivity contribution >= 4 is 23.2 Å². The Morgan fingerprint density at radius 3 is 2.55 bits per heavy atom. The van der Waals surface area contributed by atoms with Crippen molar-refractivity contribution in [2.75, 3.05) is 32.1 Å². The number of halogens is 1. The lowest BCUT2D eigenvalue weighted by molar-refractivity contribution is -0.132. The van der Waals surface area contributed by atoms with Crippen molar-refractivity contribution in [2.45, 2.75) is 30.7 Å². The molecule has 2 atom stereocenters. The van der Waals surface area contributed by atoms with Gasteiger partial charge >= 0.3 is 0 Å². The fourth-order valence-corrected chi connectivity index (χ4v) is 4.09. The van der Waals surface area contributed by atoms with E-state index in [2.05, 4.69) is 10.2 Å². The molecule has 0 saturated carbocycles. The summed E-state index contributed by atoms with van der Waals surface area (Å²) in [6, 6.07) is 17.2. The van der Waals surface area contributed by atoms with E-state index in [4.69, 9.17) is 16.3 Å². The fraction of sp³-hybridized carbons (Fsp3) is 0.435. The molecule has 1 amide bonds. The molecule has 0 bridgehead atoms. The molecular formula is C23H29ClN2O3. The number of hydrogen-bond acceptors (Lipinski definition) is 4. The first-order valence-electron chi connectivity index (χ1n) is 10.00. The summed E-state index contributed by atoms with van der Waals surface area (Å²) in [6.07, 6.45) is 1.08. The number of likely N-dealkylation sites (tertiary alicyclic amines) is 1. The highest BCUT2D eigenvalue weighted by atomic mass is 35.5. The lowest BCUT2D eigenvalue weighted by atomic mass is 9.80. The van der Waals surface area contributed by atoms with E-state index in [9.17, 15) is 9.90 Å². The number of nitrogens with one attached hydrogen (secondary N) is 1. The fourth-order valence-electron chi connectivity index (χ4n) is 3.75.